The van der Waals surface area contributed by atoms with Crippen molar-refractivity contribution in [1.29, 1.82) is 0 Å². The number of hydrogen-bond acceptors (Lipinski definition) is 7. The maximum Gasteiger partial charge on any atom is 0.338 e. The van der Waals surface area contributed by atoms with Gasteiger partial charge in [-0.15, -0.1) is 0 Å². The van der Waals surface area contributed by atoms with Crippen molar-refractivity contribution in [2.24, 2.45) is 4.99 Å². The van der Waals surface area contributed by atoms with E-state index in [-0.39, 0.29) is 18.8 Å². The fraction of sp³-hybridized carbons (Fsp3) is 0.139. The monoisotopic (exact) mass is 670 g/mol. The van der Waals surface area contributed by atoms with Crippen molar-refractivity contribution in [1.82, 2.24) is 4.57 Å². The molecular weight excluding hydrogens is 643 g/mol. The molecule has 46 heavy (non-hydrogen) atoms. The van der Waals surface area contributed by atoms with Gasteiger partial charge in [0.25, 0.3) is 5.56 Å². The van der Waals surface area contributed by atoms with Crippen LogP contribution in [-0.2, 0) is 16.1 Å². The molecule has 4 aromatic carbocycles. The van der Waals surface area contributed by atoms with E-state index in [1.807, 2.05) is 78.9 Å². The molecule has 5 aromatic rings. The second kappa shape index (κ2) is 13.8. The number of carbonyl (C=O) groups is 1. The summed E-state index contributed by atoms with van der Waals surface area (Å²) in [5.41, 5.74) is 3.47. The summed E-state index contributed by atoms with van der Waals surface area (Å²) < 4.78 is 19.1. The quantitative estimate of drug-likeness (QED) is 0.161. The van der Waals surface area contributed by atoms with Gasteiger partial charge in [-0.05, 0) is 54.0 Å². The summed E-state index contributed by atoms with van der Waals surface area (Å²) in [6.45, 7) is 2.17. The molecule has 0 aliphatic carbocycles. The Hall–Kier alpha value is -4.63. The predicted octanol–water partition coefficient (Wildman–Crippen LogP) is 6.83. The Morgan fingerprint density at radius 2 is 1.72 bits per heavy atom. The van der Waals surface area contributed by atoms with Gasteiger partial charge in [0.05, 0.1) is 40.6 Å². The minimum Gasteiger partial charge on any atom is -0.493 e. The minimum atomic E-state index is -0.755. The third kappa shape index (κ3) is 6.37. The first-order valence-electron chi connectivity index (χ1n) is 14.5. The molecule has 0 saturated carbocycles. The normalized spacial score (nSPS) is 14.4. The fourth-order valence-electron chi connectivity index (χ4n) is 5.29. The van der Waals surface area contributed by atoms with Gasteiger partial charge in [-0.25, -0.2) is 9.79 Å². The van der Waals surface area contributed by atoms with E-state index in [1.54, 1.807) is 35.8 Å². The summed E-state index contributed by atoms with van der Waals surface area (Å²) in [5, 5.41) is 0.925. The number of methoxy groups -OCH3 is 1. The SMILES string of the molecule is CCOC(=O)C1=C(c2ccccc2)N=c2s/c(=C\c3cc(Cl)c(OCc4cccc(Cl)c4)c(OC)c3)c(=O)n2[C@@H]1c1ccccc1. The molecule has 0 amide bonds. The Kier molecular flexibility index (Phi) is 9.40. The van der Waals surface area contributed by atoms with E-state index in [0.29, 0.717) is 47.7 Å². The highest BCUT2D eigenvalue weighted by Gasteiger charge is 2.35. The second-order valence-corrected chi connectivity index (χ2v) is 12.1. The third-order valence-electron chi connectivity index (χ3n) is 7.31. The van der Waals surface area contributed by atoms with Gasteiger partial charge in [-0.1, -0.05) is 107 Å². The molecule has 10 heteroatoms. The number of aromatic nitrogens is 1. The minimum absolute atomic E-state index is 0.178. The van der Waals surface area contributed by atoms with Gasteiger partial charge in [0.1, 0.15) is 6.61 Å². The van der Waals surface area contributed by atoms with Crippen molar-refractivity contribution in [3.8, 4) is 11.5 Å². The topological polar surface area (TPSA) is 79.1 Å². The average molecular weight is 672 g/mol. The van der Waals surface area contributed by atoms with Gasteiger partial charge < -0.3 is 14.2 Å². The van der Waals surface area contributed by atoms with Crippen LogP contribution in [0.5, 0.6) is 11.5 Å². The Balaban J connectivity index is 1.48. The van der Waals surface area contributed by atoms with Crippen LogP contribution >= 0.6 is 34.5 Å². The number of rotatable bonds is 9. The Bertz CT molecular complexity index is 2130. The molecule has 7 nitrogen and oxygen atoms in total. The van der Waals surface area contributed by atoms with E-state index in [9.17, 15) is 9.59 Å². The van der Waals surface area contributed by atoms with Crippen molar-refractivity contribution in [3.05, 3.63) is 155 Å². The van der Waals surface area contributed by atoms with Crippen molar-refractivity contribution >= 4 is 52.3 Å². The van der Waals surface area contributed by atoms with E-state index in [4.69, 9.17) is 42.4 Å². The highest BCUT2D eigenvalue weighted by molar-refractivity contribution is 7.07. The molecular formula is C36H28Cl2N2O5S. The highest BCUT2D eigenvalue weighted by Crippen LogP contribution is 2.38. The van der Waals surface area contributed by atoms with Crippen LogP contribution in [0.4, 0.5) is 0 Å². The molecule has 2 heterocycles. The highest BCUT2D eigenvalue weighted by atomic mass is 35.5. The number of fused-ring (bicyclic) bond motifs is 1. The molecule has 6 rings (SSSR count). The molecule has 1 aliphatic rings. The lowest BCUT2D eigenvalue weighted by molar-refractivity contribution is -0.138. The van der Waals surface area contributed by atoms with Gasteiger partial charge in [0.15, 0.2) is 16.3 Å². The zero-order valence-electron chi connectivity index (χ0n) is 24.9. The number of benzene rings is 4. The molecule has 0 fully saturated rings. The summed E-state index contributed by atoms with van der Waals surface area (Å²) in [6, 6.07) is 28.9. The lowest BCUT2D eigenvalue weighted by Gasteiger charge is -2.25. The third-order valence-corrected chi connectivity index (χ3v) is 8.81. The number of halogens is 2. The van der Waals surface area contributed by atoms with Crippen LogP contribution in [0.25, 0.3) is 11.8 Å². The number of nitrogens with zero attached hydrogens (tertiary/aromatic N) is 2. The van der Waals surface area contributed by atoms with Gasteiger partial charge >= 0.3 is 5.97 Å². The van der Waals surface area contributed by atoms with Crippen molar-refractivity contribution in [3.63, 3.8) is 0 Å². The first-order chi connectivity index (χ1) is 22.4. The first-order valence-corrected chi connectivity index (χ1v) is 16.0. The molecule has 0 radical (unpaired) electrons. The summed E-state index contributed by atoms with van der Waals surface area (Å²) in [7, 11) is 1.53. The Morgan fingerprint density at radius 3 is 2.41 bits per heavy atom. The molecule has 232 valence electrons. The van der Waals surface area contributed by atoms with E-state index < -0.39 is 12.0 Å². The molecule has 0 N–H and O–H groups in total. The summed E-state index contributed by atoms with van der Waals surface area (Å²) in [4.78, 5) is 33.1. The standard InChI is InChI=1S/C36H28Cl2N2O5S/c1-3-44-35(42)30-31(24-12-6-4-7-13-24)39-36-40(32(30)25-14-8-5-9-15-25)34(41)29(46-36)20-23-18-27(38)33(28(19-23)43-2)45-21-22-11-10-16-26(37)17-22/h4-20,32H,3,21H2,1-2H3/b29-20-/t32-/m1/s1. The number of ether oxygens (including phenoxy) is 3. The summed E-state index contributed by atoms with van der Waals surface area (Å²) in [6.07, 6.45) is 1.73. The molecule has 0 spiro atoms. The zero-order chi connectivity index (χ0) is 32.2. The molecule has 1 aromatic heterocycles. The lowest BCUT2D eigenvalue weighted by atomic mass is 9.93. The van der Waals surface area contributed by atoms with E-state index in [2.05, 4.69) is 0 Å². The molecule has 0 bridgehead atoms. The van der Waals surface area contributed by atoms with Crippen LogP contribution in [0.2, 0.25) is 10.0 Å². The Morgan fingerprint density at radius 1 is 0.978 bits per heavy atom. The second-order valence-electron chi connectivity index (χ2n) is 10.3. The first kappa shape index (κ1) is 31.4. The molecule has 0 saturated heterocycles. The van der Waals surface area contributed by atoms with Crippen molar-refractivity contribution in [2.75, 3.05) is 13.7 Å². The van der Waals surface area contributed by atoms with E-state index in [0.717, 1.165) is 16.7 Å². The van der Waals surface area contributed by atoms with E-state index >= 15 is 0 Å². The van der Waals surface area contributed by atoms with Crippen LogP contribution in [0, 0.1) is 0 Å². The number of hydrogen-bond donors (Lipinski definition) is 0. The average Bonchev–Trinajstić information content (AvgIpc) is 3.38. The zero-order valence-corrected chi connectivity index (χ0v) is 27.2. The van der Waals surface area contributed by atoms with Crippen LogP contribution in [0.1, 0.15) is 35.2 Å². The summed E-state index contributed by atoms with van der Waals surface area (Å²) in [5.74, 6) is 0.253. The van der Waals surface area contributed by atoms with Crippen LogP contribution < -0.4 is 24.4 Å². The van der Waals surface area contributed by atoms with Crippen LogP contribution in [-0.4, -0.2) is 24.3 Å². The lowest BCUT2D eigenvalue weighted by Crippen LogP contribution is -2.39. The smallest absolute Gasteiger partial charge is 0.338 e. The number of carbonyl (C=O) groups excluding carboxylic acids is 1. The van der Waals surface area contributed by atoms with Crippen molar-refractivity contribution < 1.29 is 19.0 Å². The van der Waals surface area contributed by atoms with E-state index in [1.165, 1.54) is 18.4 Å². The van der Waals surface area contributed by atoms with Crippen LogP contribution in [0.3, 0.4) is 0 Å². The molecule has 1 aliphatic heterocycles. The predicted molar refractivity (Wildman–Crippen MR) is 181 cm³/mol. The van der Waals surface area contributed by atoms with Crippen molar-refractivity contribution in [2.45, 2.75) is 19.6 Å². The molecule has 1 atom stereocenters. The number of thiazole rings is 1. The molecule has 0 unspecified atom stereocenters. The number of esters is 1. The van der Waals surface area contributed by atoms with Gasteiger partial charge in [-0.2, -0.15) is 0 Å². The fourth-order valence-corrected chi connectivity index (χ4v) is 6.78. The largest absolute Gasteiger partial charge is 0.493 e. The summed E-state index contributed by atoms with van der Waals surface area (Å²) >= 11 is 14.0. The van der Waals surface area contributed by atoms with Gasteiger partial charge in [-0.3, -0.25) is 9.36 Å². The maximum atomic E-state index is 14.2. The van der Waals surface area contributed by atoms with Crippen LogP contribution in [0.15, 0.2) is 112 Å². The maximum absolute atomic E-state index is 14.2. The Labute approximate surface area is 279 Å². The van der Waals surface area contributed by atoms with Gasteiger partial charge in [0, 0.05) is 10.6 Å². The van der Waals surface area contributed by atoms with Gasteiger partial charge in [0.2, 0.25) is 0 Å².